The molecule has 0 atom stereocenters. The van der Waals surface area contributed by atoms with E-state index in [4.69, 9.17) is 9.47 Å². The lowest BCUT2D eigenvalue weighted by Crippen LogP contribution is -2.39. The van der Waals surface area contributed by atoms with Crippen molar-refractivity contribution in [2.75, 3.05) is 32.1 Å². The summed E-state index contributed by atoms with van der Waals surface area (Å²) in [5.41, 5.74) is 0.396. The molecule has 2 aromatic carbocycles. The minimum Gasteiger partial charge on any atom is -0.495 e. The van der Waals surface area contributed by atoms with Crippen LogP contribution in [0.25, 0.3) is 0 Å². The van der Waals surface area contributed by atoms with E-state index in [-0.39, 0.29) is 10.5 Å². The molecule has 0 saturated carbocycles. The Morgan fingerprint density at radius 2 is 1.67 bits per heavy atom. The molecule has 2 rings (SSSR count). The average molecular weight is 435 g/mol. The highest BCUT2D eigenvalue weighted by atomic mass is 32.2. The van der Waals surface area contributed by atoms with Crippen molar-refractivity contribution in [1.29, 1.82) is 0 Å². The van der Waals surface area contributed by atoms with Crippen LogP contribution in [0.5, 0.6) is 5.75 Å². The lowest BCUT2D eigenvalue weighted by Gasteiger charge is -2.21. The molecule has 0 unspecified atom stereocenters. The fourth-order valence-corrected chi connectivity index (χ4v) is 3.59. The number of hydrogen-bond donors (Lipinski definition) is 2. The Labute approximate surface area is 173 Å². The Bertz CT molecular complexity index is 1040. The first-order valence-electron chi connectivity index (χ1n) is 8.61. The summed E-state index contributed by atoms with van der Waals surface area (Å²) >= 11 is 0. The van der Waals surface area contributed by atoms with E-state index in [1.807, 2.05) is 5.32 Å². The van der Waals surface area contributed by atoms with Crippen LogP contribution >= 0.6 is 0 Å². The van der Waals surface area contributed by atoms with Gasteiger partial charge in [-0.25, -0.2) is 18.0 Å². The summed E-state index contributed by atoms with van der Waals surface area (Å²) in [4.78, 5) is 34.4. The van der Waals surface area contributed by atoms with Crippen LogP contribution < -0.4 is 19.7 Å². The quantitative estimate of drug-likeness (QED) is 0.623. The molecular weight excluding hydrogens is 414 g/mol. The molecule has 0 aliphatic rings. The van der Waals surface area contributed by atoms with Crippen LogP contribution in [0, 0.1) is 0 Å². The van der Waals surface area contributed by atoms with E-state index in [1.165, 1.54) is 45.5 Å². The number of hydrogen-bond acceptors (Lipinski definition) is 7. The molecule has 3 amide bonds. The molecule has 0 radical (unpaired) electrons. The first-order chi connectivity index (χ1) is 14.2. The molecule has 0 aliphatic carbocycles. The van der Waals surface area contributed by atoms with E-state index in [9.17, 15) is 22.8 Å². The standard InChI is InChI=1S/C19H21N3O7S/c1-20-19(25)21-17(23)12-29-18(24)13-8-10-14(11-9-13)30(26,27)22(2)15-6-4-5-7-16(15)28-3/h4-11H,12H2,1-3H3,(H2,20,21,23,25). The summed E-state index contributed by atoms with van der Waals surface area (Å²) in [7, 11) is 0.241. The van der Waals surface area contributed by atoms with Gasteiger partial charge in [0.1, 0.15) is 5.75 Å². The van der Waals surface area contributed by atoms with Gasteiger partial charge in [-0.05, 0) is 36.4 Å². The van der Waals surface area contributed by atoms with E-state index in [1.54, 1.807) is 24.3 Å². The zero-order valence-corrected chi connectivity index (χ0v) is 17.4. The van der Waals surface area contributed by atoms with Crippen molar-refractivity contribution < 1.29 is 32.3 Å². The molecule has 0 fully saturated rings. The van der Waals surface area contributed by atoms with Crippen LogP contribution in [0.1, 0.15) is 10.4 Å². The van der Waals surface area contributed by atoms with Crippen molar-refractivity contribution in [3.05, 3.63) is 54.1 Å². The second-order valence-corrected chi connectivity index (χ2v) is 7.84. The molecule has 0 saturated heterocycles. The summed E-state index contributed by atoms with van der Waals surface area (Å²) < 4.78 is 36.9. The van der Waals surface area contributed by atoms with Crippen LogP contribution in [0.2, 0.25) is 0 Å². The highest BCUT2D eigenvalue weighted by molar-refractivity contribution is 7.92. The predicted octanol–water partition coefficient (Wildman–Crippen LogP) is 1.13. The van der Waals surface area contributed by atoms with Crippen molar-refractivity contribution in [2.24, 2.45) is 0 Å². The third kappa shape index (κ3) is 5.26. The summed E-state index contributed by atoms with van der Waals surface area (Å²) in [6, 6.07) is 11.0. The normalized spacial score (nSPS) is 10.6. The first-order valence-corrected chi connectivity index (χ1v) is 10.1. The summed E-state index contributed by atoms with van der Waals surface area (Å²) in [6.07, 6.45) is 0. The molecular formula is C19H21N3O7S. The molecule has 0 heterocycles. The maximum Gasteiger partial charge on any atom is 0.338 e. The smallest absolute Gasteiger partial charge is 0.338 e. The minimum atomic E-state index is -3.92. The fraction of sp³-hybridized carbons (Fsp3) is 0.211. The maximum atomic E-state index is 12.9. The molecule has 11 heteroatoms. The highest BCUT2D eigenvalue weighted by Crippen LogP contribution is 2.30. The number of methoxy groups -OCH3 is 1. The largest absolute Gasteiger partial charge is 0.495 e. The number of carbonyl (C=O) groups is 3. The number of nitrogens with one attached hydrogen (secondary N) is 2. The molecule has 10 nitrogen and oxygen atoms in total. The Hall–Kier alpha value is -3.60. The highest BCUT2D eigenvalue weighted by Gasteiger charge is 2.24. The number of nitrogens with zero attached hydrogens (tertiary/aromatic N) is 1. The van der Waals surface area contributed by atoms with E-state index in [0.717, 1.165) is 4.31 Å². The zero-order valence-electron chi connectivity index (χ0n) is 16.5. The Kier molecular flexibility index (Phi) is 7.37. The Morgan fingerprint density at radius 1 is 1.03 bits per heavy atom. The summed E-state index contributed by atoms with van der Waals surface area (Å²) in [5, 5.41) is 4.12. The van der Waals surface area contributed by atoms with E-state index < -0.39 is 34.5 Å². The van der Waals surface area contributed by atoms with Gasteiger partial charge >= 0.3 is 12.0 Å². The number of anilines is 1. The van der Waals surface area contributed by atoms with Crippen molar-refractivity contribution in [1.82, 2.24) is 10.6 Å². The van der Waals surface area contributed by atoms with Gasteiger partial charge in [-0.3, -0.25) is 14.4 Å². The van der Waals surface area contributed by atoms with E-state index in [2.05, 4.69) is 5.32 Å². The van der Waals surface area contributed by atoms with Gasteiger partial charge in [-0.15, -0.1) is 0 Å². The van der Waals surface area contributed by atoms with Crippen molar-refractivity contribution >= 4 is 33.6 Å². The molecule has 160 valence electrons. The lowest BCUT2D eigenvalue weighted by molar-refractivity contribution is -0.123. The van der Waals surface area contributed by atoms with Crippen LogP contribution in [-0.4, -0.2) is 54.1 Å². The number of benzene rings is 2. The van der Waals surface area contributed by atoms with Crippen LogP contribution in [0.4, 0.5) is 10.5 Å². The number of imide groups is 1. The number of para-hydroxylation sites is 2. The van der Waals surface area contributed by atoms with Gasteiger partial charge in [-0.1, -0.05) is 12.1 Å². The second-order valence-electron chi connectivity index (χ2n) is 5.87. The van der Waals surface area contributed by atoms with Crippen molar-refractivity contribution in [3.8, 4) is 5.75 Å². The number of carbonyl (C=O) groups excluding carboxylic acids is 3. The molecule has 0 aromatic heterocycles. The first kappa shape index (κ1) is 22.7. The Morgan fingerprint density at radius 3 is 2.27 bits per heavy atom. The van der Waals surface area contributed by atoms with Gasteiger partial charge in [0.15, 0.2) is 6.61 Å². The fourth-order valence-electron chi connectivity index (χ4n) is 2.38. The van der Waals surface area contributed by atoms with Gasteiger partial charge in [-0.2, -0.15) is 0 Å². The van der Waals surface area contributed by atoms with Crippen molar-refractivity contribution in [2.45, 2.75) is 4.90 Å². The SMILES string of the molecule is CNC(=O)NC(=O)COC(=O)c1ccc(S(=O)(=O)N(C)c2ccccc2OC)cc1. The second kappa shape index (κ2) is 9.74. The number of amides is 3. The van der Waals surface area contributed by atoms with Gasteiger partial charge in [0.05, 0.1) is 23.3 Å². The van der Waals surface area contributed by atoms with Crippen LogP contribution in [-0.2, 0) is 19.6 Å². The predicted molar refractivity (Wildman–Crippen MR) is 108 cm³/mol. The Balaban J connectivity index is 2.11. The van der Waals surface area contributed by atoms with E-state index in [0.29, 0.717) is 11.4 Å². The van der Waals surface area contributed by atoms with E-state index >= 15 is 0 Å². The van der Waals surface area contributed by atoms with Gasteiger partial charge in [0, 0.05) is 14.1 Å². The van der Waals surface area contributed by atoms with Gasteiger partial charge in [0.2, 0.25) is 0 Å². The number of esters is 1. The molecule has 30 heavy (non-hydrogen) atoms. The third-order valence-electron chi connectivity index (χ3n) is 3.99. The minimum absolute atomic E-state index is 0.0432. The number of rotatable bonds is 7. The van der Waals surface area contributed by atoms with Crippen molar-refractivity contribution in [3.63, 3.8) is 0 Å². The van der Waals surface area contributed by atoms with Gasteiger partial charge in [0.25, 0.3) is 15.9 Å². The van der Waals surface area contributed by atoms with Gasteiger partial charge < -0.3 is 14.8 Å². The summed E-state index contributed by atoms with van der Waals surface area (Å²) in [6.45, 7) is -0.664. The lowest BCUT2D eigenvalue weighted by atomic mass is 10.2. The summed E-state index contributed by atoms with van der Waals surface area (Å²) in [5.74, 6) is -1.26. The molecule has 0 spiro atoms. The monoisotopic (exact) mass is 435 g/mol. The van der Waals surface area contributed by atoms with Crippen LogP contribution in [0.3, 0.4) is 0 Å². The topological polar surface area (TPSA) is 131 Å². The zero-order chi connectivity index (χ0) is 22.3. The maximum absolute atomic E-state index is 12.9. The molecule has 0 aliphatic heterocycles. The number of ether oxygens (including phenoxy) is 2. The molecule has 2 N–H and O–H groups in total. The third-order valence-corrected chi connectivity index (χ3v) is 5.77. The number of urea groups is 1. The molecule has 2 aromatic rings. The van der Waals surface area contributed by atoms with Crippen LogP contribution in [0.15, 0.2) is 53.4 Å². The molecule has 0 bridgehead atoms. The number of sulfonamides is 1. The average Bonchev–Trinajstić information content (AvgIpc) is 2.76.